The summed E-state index contributed by atoms with van der Waals surface area (Å²) in [7, 11) is 0. The van der Waals surface area contributed by atoms with Crippen LogP contribution in [0.2, 0.25) is 0 Å². The molecule has 2 aromatic carbocycles. The molecular formula is C24H28O7. The number of phenolic OH excluding ortho intramolecular Hbond substituents is 1. The standard InChI is InChI=1S/C24H28O7/c1-3-5-7-9-14-11-15(25)12-18-20(14)24(29)31-19-13-17(26)21(23(27)28)16(22(19)30-18)10-8-6-4-2/h11-13,25-26H,3-10H2,1-2H3,(H,27,28). The summed E-state index contributed by atoms with van der Waals surface area (Å²) in [4.78, 5) is 24.8. The molecule has 0 atom stereocenters. The fourth-order valence-electron chi connectivity index (χ4n) is 3.89. The third-order valence-corrected chi connectivity index (χ3v) is 5.40. The van der Waals surface area contributed by atoms with Crippen molar-refractivity contribution in [2.75, 3.05) is 0 Å². The maximum Gasteiger partial charge on any atom is 0.347 e. The van der Waals surface area contributed by atoms with Crippen LogP contribution >= 0.6 is 0 Å². The highest BCUT2D eigenvalue weighted by Gasteiger charge is 2.32. The molecule has 1 aliphatic rings. The second kappa shape index (κ2) is 9.73. The number of phenols is 2. The van der Waals surface area contributed by atoms with Crippen molar-refractivity contribution >= 4 is 11.9 Å². The maximum absolute atomic E-state index is 13.0. The van der Waals surface area contributed by atoms with Crippen molar-refractivity contribution in [3.05, 3.63) is 40.5 Å². The third kappa shape index (κ3) is 4.76. The number of fused-ring (bicyclic) bond motifs is 2. The van der Waals surface area contributed by atoms with Crippen molar-refractivity contribution in [2.45, 2.75) is 65.2 Å². The first-order valence-corrected chi connectivity index (χ1v) is 10.7. The zero-order valence-corrected chi connectivity index (χ0v) is 17.9. The zero-order chi connectivity index (χ0) is 22.5. The van der Waals surface area contributed by atoms with Gasteiger partial charge < -0.3 is 24.8 Å². The number of carboxylic acid groups (broad SMARTS) is 1. The SMILES string of the molecule is CCCCCc1cc(O)cc2c1C(=O)Oc1cc(O)c(C(=O)O)c(CCCCC)c1O2. The summed E-state index contributed by atoms with van der Waals surface area (Å²) in [5, 5.41) is 30.2. The number of aromatic hydroxyl groups is 2. The second-order valence-electron chi connectivity index (χ2n) is 7.77. The van der Waals surface area contributed by atoms with Crippen molar-refractivity contribution in [1.29, 1.82) is 0 Å². The van der Waals surface area contributed by atoms with Gasteiger partial charge in [0.05, 0.1) is 0 Å². The average Bonchev–Trinajstić information content (AvgIpc) is 2.83. The van der Waals surface area contributed by atoms with E-state index in [1.807, 2.05) is 6.92 Å². The van der Waals surface area contributed by atoms with Gasteiger partial charge in [-0.25, -0.2) is 9.59 Å². The number of carbonyl (C=O) groups is 2. The lowest BCUT2D eigenvalue weighted by molar-refractivity contribution is 0.0691. The van der Waals surface area contributed by atoms with Crippen molar-refractivity contribution < 1.29 is 34.4 Å². The molecule has 31 heavy (non-hydrogen) atoms. The number of aryl methyl sites for hydroxylation is 1. The Morgan fingerprint density at radius 3 is 2.23 bits per heavy atom. The van der Waals surface area contributed by atoms with E-state index in [9.17, 15) is 24.9 Å². The highest BCUT2D eigenvalue weighted by Crippen LogP contribution is 2.46. The lowest BCUT2D eigenvalue weighted by atomic mass is 9.98. The zero-order valence-electron chi connectivity index (χ0n) is 17.9. The van der Waals surface area contributed by atoms with Crippen LogP contribution in [0.1, 0.15) is 84.2 Å². The van der Waals surface area contributed by atoms with E-state index in [-0.39, 0.29) is 39.7 Å². The maximum atomic E-state index is 13.0. The molecule has 166 valence electrons. The van der Waals surface area contributed by atoms with E-state index in [4.69, 9.17) is 9.47 Å². The number of rotatable bonds is 9. The van der Waals surface area contributed by atoms with Gasteiger partial charge in [-0.3, -0.25) is 0 Å². The van der Waals surface area contributed by atoms with Crippen molar-refractivity contribution in [3.8, 4) is 28.7 Å². The Kier molecular flexibility index (Phi) is 7.05. The van der Waals surface area contributed by atoms with Gasteiger partial charge in [0.1, 0.15) is 28.4 Å². The molecular weight excluding hydrogens is 400 g/mol. The summed E-state index contributed by atoms with van der Waals surface area (Å²) in [6.07, 6.45) is 6.18. The molecule has 7 heteroatoms. The second-order valence-corrected chi connectivity index (χ2v) is 7.77. The molecule has 0 radical (unpaired) electrons. The molecule has 0 aliphatic carbocycles. The highest BCUT2D eigenvalue weighted by atomic mass is 16.6. The first-order valence-electron chi connectivity index (χ1n) is 10.7. The van der Waals surface area contributed by atoms with Gasteiger partial charge in [-0.2, -0.15) is 0 Å². The van der Waals surface area contributed by atoms with E-state index >= 15 is 0 Å². The number of hydrogen-bond acceptors (Lipinski definition) is 6. The molecule has 0 unspecified atom stereocenters. The molecule has 0 spiro atoms. The molecule has 0 saturated carbocycles. The fraction of sp³-hybridized carbons (Fsp3) is 0.417. The minimum Gasteiger partial charge on any atom is -0.508 e. The Hall–Kier alpha value is -3.22. The number of unbranched alkanes of at least 4 members (excludes halogenated alkanes) is 4. The van der Waals surface area contributed by atoms with Crippen LogP contribution in [0.3, 0.4) is 0 Å². The lowest BCUT2D eigenvalue weighted by Crippen LogP contribution is -2.11. The highest BCUT2D eigenvalue weighted by molar-refractivity contribution is 5.99. The normalized spacial score (nSPS) is 12.4. The largest absolute Gasteiger partial charge is 0.508 e. The molecule has 0 fully saturated rings. The molecule has 3 rings (SSSR count). The summed E-state index contributed by atoms with van der Waals surface area (Å²) in [5.74, 6) is -2.31. The van der Waals surface area contributed by atoms with E-state index in [1.165, 1.54) is 12.1 Å². The minimum absolute atomic E-state index is 0.0332. The predicted octanol–water partition coefficient (Wildman–Crippen LogP) is 5.59. The van der Waals surface area contributed by atoms with E-state index in [1.54, 1.807) is 0 Å². The molecule has 7 nitrogen and oxygen atoms in total. The van der Waals surface area contributed by atoms with Crippen LogP contribution in [0.15, 0.2) is 18.2 Å². The first kappa shape index (κ1) is 22.5. The number of benzene rings is 2. The number of aromatic carboxylic acids is 1. The first-order chi connectivity index (χ1) is 14.9. The Labute approximate surface area is 181 Å². The smallest absolute Gasteiger partial charge is 0.347 e. The summed E-state index contributed by atoms with van der Waals surface area (Å²) in [5.41, 5.74) is 0.822. The van der Waals surface area contributed by atoms with Gasteiger partial charge in [0.2, 0.25) is 0 Å². The number of esters is 1. The van der Waals surface area contributed by atoms with Crippen LogP contribution in [0, 0.1) is 0 Å². The van der Waals surface area contributed by atoms with Gasteiger partial charge in [-0.1, -0.05) is 39.5 Å². The van der Waals surface area contributed by atoms with Crippen LogP contribution < -0.4 is 9.47 Å². The van der Waals surface area contributed by atoms with Crippen molar-refractivity contribution in [3.63, 3.8) is 0 Å². The van der Waals surface area contributed by atoms with Crippen LogP contribution in [0.4, 0.5) is 0 Å². The van der Waals surface area contributed by atoms with Crippen molar-refractivity contribution in [1.82, 2.24) is 0 Å². The number of carboxylic acids is 1. The summed E-state index contributed by atoms with van der Waals surface area (Å²) in [6, 6.07) is 3.96. The minimum atomic E-state index is -1.29. The quantitative estimate of drug-likeness (QED) is 0.271. The van der Waals surface area contributed by atoms with Gasteiger partial charge in [0.15, 0.2) is 11.5 Å². The molecule has 0 saturated heterocycles. The van der Waals surface area contributed by atoms with Gasteiger partial charge in [-0.15, -0.1) is 0 Å². The summed E-state index contributed by atoms with van der Waals surface area (Å²) >= 11 is 0. The van der Waals surface area contributed by atoms with E-state index in [0.717, 1.165) is 38.2 Å². The summed E-state index contributed by atoms with van der Waals surface area (Å²) < 4.78 is 11.6. The molecule has 1 heterocycles. The molecule has 0 amide bonds. The fourth-order valence-corrected chi connectivity index (χ4v) is 3.89. The molecule has 0 aromatic heterocycles. The van der Waals surface area contributed by atoms with Crippen LogP contribution in [0.5, 0.6) is 28.7 Å². The molecule has 1 aliphatic heterocycles. The van der Waals surface area contributed by atoms with Gasteiger partial charge >= 0.3 is 11.9 Å². The van der Waals surface area contributed by atoms with Crippen LogP contribution in [0.25, 0.3) is 0 Å². The van der Waals surface area contributed by atoms with Crippen LogP contribution in [-0.4, -0.2) is 27.3 Å². The predicted molar refractivity (Wildman–Crippen MR) is 115 cm³/mol. The Bertz CT molecular complexity index is 994. The Morgan fingerprint density at radius 2 is 1.58 bits per heavy atom. The molecule has 2 aromatic rings. The Morgan fingerprint density at radius 1 is 0.903 bits per heavy atom. The van der Waals surface area contributed by atoms with Gasteiger partial charge in [-0.05, 0) is 37.3 Å². The van der Waals surface area contributed by atoms with E-state index in [2.05, 4.69) is 6.92 Å². The van der Waals surface area contributed by atoms with E-state index in [0.29, 0.717) is 24.8 Å². The molecule has 0 bridgehead atoms. The summed E-state index contributed by atoms with van der Waals surface area (Å²) in [6.45, 7) is 4.10. The number of hydrogen-bond donors (Lipinski definition) is 3. The molecule has 3 N–H and O–H groups in total. The average molecular weight is 428 g/mol. The monoisotopic (exact) mass is 428 g/mol. The number of ether oxygens (including phenoxy) is 2. The van der Waals surface area contributed by atoms with E-state index < -0.39 is 17.7 Å². The third-order valence-electron chi connectivity index (χ3n) is 5.40. The lowest BCUT2D eigenvalue weighted by Gasteiger charge is -2.16. The van der Waals surface area contributed by atoms with Gasteiger partial charge in [0.25, 0.3) is 0 Å². The number of carbonyl (C=O) groups excluding carboxylic acids is 1. The van der Waals surface area contributed by atoms with Crippen molar-refractivity contribution in [2.24, 2.45) is 0 Å². The Balaban J connectivity index is 2.14. The van der Waals surface area contributed by atoms with Crippen LogP contribution in [-0.2, 0) is 12.8 Å². The van der Waals surface area contributed by atoms with Gasteiger partial charge in [0, 0.05) is 17.7 Å². The topological polar surface area (TPSA) is 113 Å².